The molecule has 3 rings (SSSR count). The number of piperidine rings is 1. The molecule has 4 heteroatoms. The normalized spacial score (nSPS) is 16.4. The summed E-state index contributed by atoms with van der Waals surface area (Å²) in [6.07, 6.45) is 2.11. The first-order valence-corrected chi connectivity index (χ1v) is 8.17. The van der Waals surface area contributed by atoms with Gasteiger partial charge in [0.25, 0.3) is 5.91 Å². The second-order valence-electron chi connectivity index (χ2n) is 5.22. The van der Waals surface area contributed by atoms with Crippen LogP contribution in [0.4, 0.5) is 0 Å². The molecule has 0 unspecified atom stereocenters. The van der Waals surface area contributed by atoms with Crippen LogP contribution in [0.2, 0.25) is 0 Å². The van der Waals surface area contributed by atoms with E-state index in [1.807, 2.05) is 17.5 Å². The largest absolute Gasteiger partial charge is 0.336 e. The molecule has 0 bridgehead atoms. The zero-order valence-corrected chi connectivity index (χ0v) is 12.6. The molecule has 1 aliphatic heterocycles. The predicted octanol–water partition coefficient (Wildman–Crippen LogP) is 3.12. The van der Waals surface area contributed by atoms with Gasteiger partial charge in [-0.15, -0.1) is 11.3 Å². The molecule has 3 nitrogen and oxygen atoms in total. The van der Waals surface area contributed by atoms with Gasteiger partial charge in [-0.1, -0.05) is 18.2 Å². The van der Waals surface area contributed by atoms with Crippen LogP contribution < -0.4 is 5.32 Å². The molecule has 0 saturated carbocycles. The van der Waals surface area contributed by atoms with Crippen molar-refractivity contribution in [1.82, 2.24) is 10.2 Å². The van der Waals surface area contributed by atoms with Crippen molar-refractivity contribution in [3.05, 3.63) is 35.2 Å². The average Bonchev–Trinajstić information content (AvgIpc) is 2.93. The molecule has 0 spiro atoms. The fourth-order valence-corrected chi connectivity index (χ4v) is 3.92. The van der Waals surface area contributed by atoms with Crippen LogP contribution in [0.25, 0.3) is 10.1 Å². The van der Waals surface area contributed by atoms with E-state index in [1.54, 1.807) is 11.3 Å². The molecule has 20 heavy (non-hydrogen) atoms. The second kappa shape index (κ2) is 5.94. The maximum Gasteiger partial charge on any atom is 0.255 e. The SMILES string of the molecule is CCN(C(=O)c1csc2ccccc12)C1CCNCC1. The van der Waals surface area contributed by atoms with Gasteiger partial charge in [-0.05, 0) is 38.9 Å². The number of hydrogen-bond donors (Lipinski definition) is 1. The molecule has 106 valence electrons. The van der Waals surface area contributed by atoms with Crippen molar-refractivity contribution in [3.8, 4) is 0 Å². The van der Waals surface area contributed by atoms with E-state index in [9.17, 15) is 4.79 Å². The molecule has 0 atom stereocenters. The lowest BCUT2D eigenvalue weighted by Crippen LogP contribution is -2.46. The first-order chi connectivity index (χ1) is 9.81. The first kappa shape index (κ1) is 13.6. The summed E-state index contributed by atoms with van der Waals surface area (Å²) in [5, 5.41) is 6.46. The number of thiophene rings is 1. The summed E-state index contributed by atoms with van der Waals surface area (Å²) < 4.78 is 1.19. The second-order valence-corrected chi connectivity index (χ2v) is 6.13. The van der Waals surface area contributed by atoms with Gasteiger partial charge >= 0.3 is 0 Å². The van der Waals surface area contributed by atoms with Crippen LogP contribution in [0.15, 0.2) is 29.6 Å². The highest BCUT2D eigenvalue weighted by molar-refractivity contribution is 7.17. The molecule has 0 radical (unpaired) electrons. The third-order valence-corrected chi connectivity index (χ3v) is 5.03. The number of nitrogens with one attached hydrogen (secondary N) is 1. The molecule has 2 heterocycles. The minimum absolute atomic E-state index is 0.192. The van der Waals surface area contributed by atoms with Crippen molar-refractivity contribution in [2.75, 3.05) is 19.6 Å². The van der Waals surface area contributed by atoms with Crippen molar-refractivity contribution in [1.29, 1.82) is 0 Å². The number of benzene rings is 1. The highest BCUT2D eigenvalue weighted by atomic mass is 32.1. The third kappa shape index (κ3) is 2.45. The maximum absolute atomic E-state index is 12.9. The molecule has 1 amide bonds. The van der Waals surface area contributed by atoms with Gasteiger partial charge in [0, 0.05) is 28.1 Å². The summed E-state index contributed by atoms with van der Waals surface area (Å²) in [4.78, 5) is 14.9. The van der Waals surface area contributed by atoms with Crippen LogP contribution >= 0.6 is 11.3 Å². The van der Waals surface area contributed by atoms with Gasteiger partial charge in [0.1, 0.15) is 0 Å². The predicted molar refractivity (Wildman–Crippen MR) is 84.4 cm³/mol. The van der Waals surface area contributed by atoms with Gasteiger partial charge < -0.3 is 10.2 Å². The van der Waals surface area contributed by atoms with Gasteiger partial charge in [-0.2, -0.15) is 0 Å². The number of fused-ring (bicyclic) bond motifs is 1. The van der Waals surface area contributed by atoms with Crippen molar-refractivity contribution >= 4 is 27.3 Å². The fraction of sp³-hybridized carbons (Fsp3) is 0.438. The number of carbonyl (C=O) groups is 1. The van der Waals surface area contributed by atoms with Crippen molar-refractivity contribution in [2.24, 2.45) is 0 Å². The summed E-state index contributed by atoms with van der Waals surface area (Å²) >= 11 is 1.66. The van der Waals surface area contributed by atoms with Crippen molar-refractivity contribution in [3.63, 3.8) is 0 Å². The summed E-state index contributed by atoms with van der Waals surface area (Å²) in [6, 6.07) is 8.55. The average molecular weight is 288 g/mol. The van der Waals surface area contributed by atoms with Gasteiger partial charge in [0.2, 0.25) is 0 Å². The smallest absolute Gasteiger partial charge is 0.255 e. The Morgan fingerprint density at radius 1 is 1.35 bits per heavy atom. The highest BCUT2D eigenvalue weighted by Gasteiger charge is 2.26. The van der Waals surface area contributed by atoms with Crippen molar-refractivity contribution < 1.29 is 4.79 Å². The van der Waals surface area contributed by atoms with Gasteiger partial charge in [-0.25, -0.2) is 0 Å². The Balaban J connectivity index is 1.89. The quantitative estimate of drug-likeness (QED) is 0.941. The highest BCUT2D eigenvalue weighted by Crippen LogP contribution is 2.27. The van der Waals surface area contributed by atoms with Crippen LogP contribution in [0.1, 0.15) is 30.1 Å². The Labute approximate surface area is 123 Å². The standard InChI is InChI=1S/C16H20N2OS/c1-2-18(12-7-9-17-10-8-12)16(19)14-11-20-15-6-4-3-5-13(14)15/h3-6,11-12,17H,2,7-10H2,1H3. The van der Waals surface area contributed by atoms with E-state index in [2.05, 4.69) is 29.3 Å². The summed E-state index contributed by atoms with van der Waals surface area (Å²) in [5.41, 5.74) is 0.867. The molecule has 1 N–H and O–H groups in total. The molecule has 1 aromatic carbocycles. The van der Waals surface area contributed by atoms with E-state index in [0.29, 0.717) is 6.04 Å². The minimum Gasteiger partial charge on any atom is -0.336 e. The number of hydrogen-bond acceptors (Lipinski definition) is 3. The minimum atomic E-state index is 0.192. The Hall–Kier alpha value is -1.39. The van der Waals surface area contributed by atoms with Crippen LogP contribution in [-0.2, 0) is 0 Å². The lowest BCUT2D eigenvalue weighted by Gasteiger charge is -2.33. The molecule has 1 saturated heterocycles. The lowest BCUT2D eigenvalue weighted by atomic mass is 10.0. The zero-order chi connectivity index (χ0) is 13.9. The van der Waals surface area contributed by atoms with Gasteiger partial charge in [0.15, 0.2) is 0 Å². The monoisotopic (exact) mass is 288 g/mol. The first-order valence-electron chi connectivity index (χ1n) is 7.29. The number of amides is 1. The maximum atomic E-state index is 12.9. The molecular formula is C16H20N2OS. The number of rotatable bonds is 3. The molecule has 1 aliphatic rings. The Kier molecular flexibility index (Phi) is 4.03. The zero-order valence-electron chi connectivity index (χ0n) is 11.8. The van der Waals surface area contributed by atoms with Gasteiger partial charge in [0.05, 0.1) is 5.56 Å². The summed E-state index contributed by atoms with van der Waals surface area (Å²) in [6.45, 7) is 4.89. The van der Waals surface area contributed by atoms with Crippen LogP contribution in [0, 0.1) is 0 Å². The molecule has 1 fully saturated rings. The van der Waals surface area contributed by atoms with Crippen LogP contribution in [-0.4, -0.2) is 36.5 Å². The third-order valence-electron chi connectivity index (χ3n) is 4.06. The number of nitrogens with zero attached hydrogens (tertiary/aromatic N) is 1. The summed E-state index contributed by atoms with van der Waals surface area (Å²) in [5.74, 6) is 0.192. The molecular weight excluding hydrogens is 268 g/mol. The van der Waals surface area contributed by atoms with E-state index >= 15 is 0 Å². The van der Waals surface area contributed by atoms with Crippen LogP contribution in [0.5, 0.6) is 0 Å². The summed E-state index contributed by atoms with van der Waals surface area (Å²) in [7, 11) is 0. The fourth-order valence-electron chi connectivity index (χ4n) is 2.98. The lowest BCUT2D eigenvalue weighted by molar-refractivity contribution is 0.0658. The van der Waals surface area contributed by atoms with E-state index < -0.39 is 0 Å². The van der Waals surface area contributed by atoms with Crippen LogP contribution in [0.3, 0.4) is 0 Å². The van der Waals surface area contributed by atoms with E-state index in [-0.39, 0.29) is 5.91 Å². The van der Waals surface area contributed by atoms with E-state index in [4.69, 9.17) is 0 Å². The molecule has 0 aliphatic carbocycles. The topological polar surface area (TPSA) is 32.3 Å². The van der Waals surface area contributed by atoms with Crippen molar-refractivity contribution in [2.45, 2.75) is 25.8 Å². The van der Waals surface area contributed by atoms with Gasteiger partial charge in [-0.3, -0.25) is 4.79 Å². The van der Waals surface area contributed by atoms with E-state index in [1.165, 1.54) is 4.70 Å². The molecule has 2 aromatic rings. The number of carbonyl (C=O) groups excluding carboxylic acids is 1. The Morgan fingerprint density at radius 2 is 2.10 bits per heavy atom. The van der Waals surface area contributed by atoms with E-state index in [0.717, 1.165) is 43.4 Å². The Morgan fingerprint density at radius 3 is 2.85 bits per heavy atom. The molecule has 1 aromatic heterocycles. The Bertz CT molecular complexity index is 601.